The summed E-state index contributed by atoms with van der Waals surface area (Å²) in [7, 11) is -9.49. The number of anilines is 1. The van der Waals surface area contributed by atoms with Gasteiger partial charge in [-0.15, -0.1) is 0 Å². The lowest BCUT2D eigenvalue weighted by atomic mass is 10.1. The van der Waals surface area contributed by atoms with E-state index in [2.05, 4.69) is 15.4 Å². The summed E-state index contributed by atoms with van der Waals surface area (Å²) in [4.78, 5) is 31.8. The minimum Gasteiger partial charge on any atom is -0.387 e. The van der Waals surface area contributed by atoms with E-state index in [4.69, 9.17) is 30.6 Å². The van der Waals surface area contributed by atoms with Crippen molar-refractivity contribution in [2.45, 2.75) is 31.0 Å². The van der Waals surface area contributed by atoms with Crippen LogP contribution in [0.1, 0.15) is 17.4 Å². The molecule has 1 saturated heterocycles. The number of nitrogens with zero attached hydrogens (tertiary/aromatic N) is 3. The van der Waals surface area contributed by atoms with Crippen molar-refractivity contribution in [1.82, 2.24) is 14.6 Å². The molecule has 0 spiro atoms. The molecule has 1 aliphatic rings. The Morgan fingerprint density at radius 2 is 1.86 bits per heavy atom. The Kier molecular flexibility index (Phi) is 7.65. The Bertz CT molecular complexity index is 1290. The van der Waals surface area contributed by atoms with Gasteiger partial charge in [0, 0.05) is 12.6 Å². The van der Waals surface area contributed by atoms with Gasteiger partial charge >= 0.3 is 15.2 Å². The Morgan fingerprint density at radius 3 is 2.54 bits per heavy atom. The zero-order valence-corrected chi connectivity index (χ0v) is 20.5. The van der Waals surface area contributed by atoms with Crippen LogP contribution in [0.15, 0.2) is 42.6 Å². The molecule has 190 valence electrons. The van der Waals surface area contributed by atoms with E-state index in [0.29, 0.717) is 17.9 Å². The second kappa shape index (κ2) is 10.2. The normalized spacial score (nSPS) is 24.5. The molecule has 13 nitrogen and oxygen atoms in total. The van der Waals surface area contributed by atoms with Crippen molar-refractivity contribution in [3.8, 4) is 0 Å². The lowest BCUT2D eigenvalue weighted by Crippen LogP contribution is -2.33. The number of aliphatic hydroxyl groups excluding tert-OH is 2. The van der Waals surface area contributed by atoms with Gasteiger partial charge in [0.05, 0.1) is 24.2 Å². The molecule has 1 aromatic carbocycles. The zero-order valence-electron chi connectivity index (χ0n) is 18.0. The van der Waals surface area contributed by atoms with Gasteiger partial charge in [-0.25, -0.2) is 9.50 Å². The summed E-state index contributed by atoms with van der Waals surface area (Å²) < 4.78 is 34.6. The summed E-state index contributed by atoms with van der Waals surface area (Å²) in [5, 5.41) is 28.5. The molecule has 0 saturated carbocycles. The second-order valence-corrected chi connectivity index (χ2v) is 12.3. The monoisotopic (exact) mass is 548 g/mol. The first-order valence-electron chi connectivity index (χ1n) is 10.3. The van der Waals surface area contributed by atoms with Gasteiger partial charge < -0.3 is 39.5 Å². The average molecular weight is 549 g/mol. The molecule has 16 heteroatoms. The van der Waals surface area contributed by atoms with E-state index in [1.807, 2.05) is 30.3 Å². The zero-order chi connectivity index (χ0) is 25.4. The molecule has 3 aromatic rings. The lowest BCUT2D eigenvalue weighted by Gasteiger charge is -2.18. The van der Waals surface area contributed by atoms with Crippen LogP contribution in [0.25, 0.3) is 5.65 Å². The minimum atomic E-state index is -4.82. The van der Waals surface area contributed by atoms with Crippen molar-refractivity contribution >= 4 is 38.1 Å². The molecule has 4 rings (SSSR count). The number of benzene rings is 1. The third-order valence-electron chi connectivity index (χ3n) is 5.25. The van der Waals surface area contributed by atoms with Gasteiger partial charge in [0.25, 0.3) is 0 Å². The number of aromatic nitrogens is 3. The fraction of sp³-hybridized carbons (Fsp3) is 0.368. The fourth-order valence-electron chi connectivity index (χ4n) is 3.67. The molecule has 5 atom stereocenters. The lowest BCUT2D eigenvalue weighted by molar-refractivity contribution is -0.0204. The van der Waals surface area contributed by atoms with Gasteiger partial charge in [-0.2, -0.15) is 5.10 Å². The number of ether oxygens (including phenoxy) is 1. The Hall–Kier alpha value is -1.89. The van der Waals surface area contributed by atoms with Crippen molar-refractivity contribution < 1.29 is 43.3 Å². The summed E-state index contributed by atoms with van der Waals surface area (Å²) in [6.45, 7) is -0.215. The van der Waals surface area contributed by atoms with Gasteiger partial charge in [-0.3, -0.25) is 9.13 Å². The van der Waals surface area contributed by atoms with E-state index < -0.39 is 52.1 Å². The first kappa shape index (κ1) is 26.2. The standard InChI is InChI=1S/C19H23ClN4O9P2/c20-15-6-12(21-7-11-4-2-1-3-5-11)19-22-8-13(24(19)23-15)18-17(26)16(25)14(33-18)9-32-35(30,31)10-34(27,28)29/h1-6,8,14,16-18,21,25-26H,7,9-10H2,(H,30,31)(H2,27,28,29)/t14-,16-,17-,18?/m1/s1. The van der Waals surface area contributed by atoms with Crippen LogP contribution in [0.2, 0.25) is 5.15 Å². The Morgan fingerprint density at radius 1 is 1.14 bits per heavy atom. The number of nitrogens with one attached hydrogen (secondary N) is 1. The van der Waals surface area contributed by atoms with Crippen LogP contribution in [0.4, 0.5) is 5.69 Å². The summed E-state index contributed by atoms with van der Waals surface area (Å²) in [5.74, 6) is -1.39. The van der Waals surface area contributed by atoms with Gasteiger partial charge in [0.2, 0.25) is 0 Å². The third kappa shape index (κ3) is 6.28. The highest BCUT2D eigenvalue weighted by molar-refractivity contribution is 7.70. The molecule has 3 heterocycles. The van der Waals surface area contributed by atoms with E-state index in [1.54, 1.807) is 6.07 Å². The van der Waals surface area contributed by atoms with Crippen LogP contribution in [-0.4, -0.2) is 70.3 Å². The van der Waals surface area contributed by atoms with Crippen molar-refractivity contribution in [2.24, 2.45) is 0 Å². The molecule has 1 fully saturated rings. The molecule has 1 aliphatic heterocycles. The van der Waals surface area contributed by atoms with Crippen molar-refractivity contribution in [2.75, 3.05) is 17.8 Å². The maximum absolute atomic E-state index is 11.9. The van der Waals surface area contributed by atoms with E-state index >= 15 is 0 Å². The SMILES string of the molecule is O=P(O)(O)CP(=O)(O)OC[C@H]1OC(c2cnc3c(NCc4ccccc4)cc(Cl)nn23)[C@H](O)[C@@H]1O. The van der Waals surface area contributed by atoms with Crippen LogP contribution in [0.5, 0.6) is 0 Å². The molecule has 0 radical (unpaired) electrons. The van der Waals surface area contributed by atoms with Gasteiger partial charge in [-0.05, 0) is 5.56 Å². The summed E-state index contributed by atoms with van der Waals surface area (Å²) in [5.41, 5.74) is 2.21. The number of rotatable bonds is 9. The van der Waals surface area contributed by atoms with Gasteiger partial charge in [-0.1, -0.05) is 41.9 Å². The number of halogens is 1. The van der Waals surface area contributed by atoms with E-state index in [-0.39, 0.29) is 10.8 Å². The Labute approximate surface area is 204 Å². The van der Waals surface area contributed by atoms with Crippen LogP contribution in [0.3, 0.4) is 0 Å². The number of hydrogen-bond donors (Lipinski definition) is 6. The highest BCUT2D eigenvalue weighted by Gasteiger charge is 2.46. The first-order chi connectivity index (χ1) is 16.4. The summed E-state index contributed by atoms with van der Waals surface area (Å²) in [6.07, 6.45) is -4.05. The Balaban J connectivity index is 1.52. The fourth-order valence-corrected chi connectivity index (χ4v) is 6.42. The first-order valence-corrected chi connectivity index (χ1v) is 14.2. The molecule has 0 aliphatic carbocycles. The van der Waals surface area contributed by atoms with Crippen molar-refractivity contribution in [3.63, 3.8) is 0 Å². The van der Waals surface area contributed by atoms with Crippen LogP contribution >= 0.6 is 26.8 Å². The third-order valence-corrected chi connectivity index (χ3v) is 8.89. The molecular formula is C19H23ClN4O9P2. The maximum Gasteiger partial charge on any atom is 0.340 e. The van der Waals surface area contributed by atoms with Crippen molar-refractivity contribution in [1.29, 1.82) is 0 Å². The number of aliphatic hydroxyl groups is 2. The van der Waals surface area contributed by atoms with Crippen molar-refractivity contribution in [3.05, 3.63) is 59.0 Å². The highest BCUT2D eigenvalue weighted by Crippen LogP contribution is 2.55. The molecule has 6 N–H and O–H groups in total. The predicted molar refractivity (Wildman–Crippen MR) is 124 cm³/mol. The maximum atomic E-state index is 11.9. The van der Waals surface area contributed by atoms with Gasteiger partial charge in [0.1, 0.15) is 24.4 Å². The number of imidazole rings is 1. The molecule has 2 unspecified atom stereocenters. The van der Waals surface area contributed by atoms with E-state index in [0.717, 1.165) is 5.56 Å². The molecule has 0 amide bonds. The predicted octanol–water partition coefficient (Wildman–Crippen LogP) is 1.49. The highest BCUT2D eigenvalue weighted by atomic mass is 35.5. The molecule has 0 bridgehead atoms. The summed E-state index contributed by atoms with van der Waals surface area (Å²) in [6, 6.07) is 11.2. The smallest absolute Gasteiger partial charge is 0.340 e. The van der Waals surface area contributed by atoms with Crippen LogP contribution < -0.4 is 5.32 Å². The molecule has 35 heavy (non-hydrogen) atoms. The minimum absolute atomic E-state index is 0.124. The van der Waals surface area contributed by atoms with E-state index in [1.165, 1.54) is 10.7 Å². The molecular weight excluding hydrogens is 526 g/mol. The average Bonchev–Trinajstić information content (AvgIpc) is 3.31. The van der Waals surface area contributed by atoms with E-state index in [9.17, 15) is 24.2 Å². The molecule has 2 aromatic heterocycles. The second-order valence-electron chi connectivity index (χ2n) is 7.95. The van der Waals surface area contributed by atoms with Crippen LogP contribution in [-0.2, 0) is 24.9 Å². The summed E-state index contributed by atoms with van der Waals surface area (Å²) >= 11 is 6.19. The topological polar surface area (TPSA) is 196 Å². The van der Waals surface area contributed by atoms with Gasteiger partial charge in [0.15, 0.2) is 16.7 Å². The number of fused-ring (bicyclic) bond motifs is 1. The largest absolute Gasteiger partial charge is 0.387 e. The quantitative estimate of drug-likeness (QED) is 0.211. The number of hydrogen-bond acceptors (Lipinski definition) is 9. The van der Waals surface area contributed by atoms with Crippen LogP contribution in [0, 0.1) is 0 Å².